The average Bonchev–Trinajstić information content (AvgIpc) is 2.88. The molecule has 0 aliphatic carbocycles. The first kappa shape index (κ1) is 31.9. The molecule has 1 fully saturated rings. The summed E-state index contributed by atoms with van der Waals surface area (Å²) in [5, 5.41) is 44.7. The third-order valence-electron chi connectivity index (χ3n) is 5.12. The van der Waals surface area contributed by atoms with E-state index in [0.29, 0.717) is 48.2 Å². The minimum Gasteiger partial charge on any atom is -0.394 e. The number of amides is 1. The monoisotopic (exact) mass is 576 g/mol. The van der Waals surface area contributed by atoms with Crippen LogP contribution in [0.5, 0.6) is 0 Å². The normalized spacial score (nSPS) is 22.8. The third-order valence-corrected chi connectivity index (χ3v) is 5.68. The number of anilines is 2. The Morgan fingerprint density at radius 3 is 2.29 bits per heavy atom. The van der Waals surface area contributed by atoms with E-state index in [1.54, 1.807) is 19.2 Å². The van der Waals surface area contributed by atoms with Crippen LogP contribution in [0.3, 0.4) is 0 Å². The maximum Gasteiger partial charge on any atom is 0.217 e. The topological polar surface area (TPSA) is 188 Å². The minimum absolute atomic E-state index is 0.0920. The number of hydrogen-bond donors (Lipinski definition) is 8. The van der Waals surface area contributed by atoms with Crippen LogP contribution in [0.25, 0.3) is 0 Å². The maximum atomic E-state index is 11.4. The van der Waals surface area contributed by atoms with E-state index in [1.807, 2.05) is 6.07 Å². The number of aliphatic hydroxyl groups excluding tert-OH is 3. The van der Waals surface area contributed by atoms with Crippen LogP contribution in [0.15, 0.2) is 18.2 Å². The molecule has 0 radical (unpaired) electrons. The fraction of sp³-hybridized carbons (Fsp3) is 0.636. The molecule has 214 valence electrons. The Hall–Kier alpha value is -2.28. The zero-order chi connectivity index (χ0) is 27.9. The first-order valence-electron chi connectivity index (χ1n) is 11.9. The zero-order valence-corrected chi connectivity index (χ0v) is 22.8. The molecule has 1 saturated heterocycles. The lowest BCUT2D eigenvalue weighted by Crippen LogP contribution is -2.64. The number of thiocarbonyl (C=S) groups is 2. The highest BCUT2D eigenvalue weighted by Crippen LogP contribution is 2.22. The van der Waals surface area contributed by atoms with Crippen molar-refractivity contribution < 1.29 is 39.1 Å². The van der Waals surface area contributed by atoms with Gasteiger partial charge in [-0.25, -0.2) is 4.98 Å². The molecule has 0 saturated carbocycles. The van der Waals surface area contributed by atoms with Gasteiger partial charge in [0.25, 0.3) is 0 Å². The lowest BCUT2D eigenvalue weighted by molar-refractivity contribution is -0.272. The van der Waals surface area contributed by atoms with Crippen LogP contribution in [-0.2, 0) is 23.7 Å². The summed E-state index contributed by atoms with van der Waals surface area (Å²) in [4.78, 5) is 15.8. The molecule has 1 aliphatic rings. The number of rotatable bonds is 14. The molecule has 0 spiro atoms. The molecule has 1 aliphatic heterocycles. The largest absolute Gasteiger partial charge is 0.394 e. The number of nitrogens with zero attached hydrogens (tertiary/aromatic N) is 1. The van der Waals surface area contributed by atoms with Crippen molar-refractivity contribution in [2.24, 2.45) is 0 Å². The van der Waals surface area contributed by atoms with Gasteiger partial charge in [-0.3, -0.25) is 4.79 Å². The Labute approximate surface area is 231 Å². The van der Waals surface area contributed by atoms with Gasteiger partial charge < -0.3 is 60.9 Å². The number of hydrogen-bond acceptors (Lipinski definition) is 11. The van der Waals surface area contributed by atoms with Gasteiger partial charge in [0.1, 0.15) is 36.0 Å². The van der Waals surface area contributed by atoms with Gasteiger partial charge in [0, 0.05) is 20.5 Å². The standard InChI is InChI=1S/C22H36N6O8S2/c1-13(30)25-17-19(32)18(31)14(12-29)36-20(17)35-11-10-34-9-8-33-7-6-24-22(38)28-16-5-3-4-15(26-16)27-21(37)23-2/h3-5,14,17-20,29,31-32H,6-12H2,1-2H3,(H,25,30)(H4,23,24,26,27,28,37,38)/t14?,17?,18-,19?,20+/m0/s1. The average molecular weight is 577 g/mol. The lowest BCUT2D eigenvalue weighted by atomic mass is 9.97. The first-order chi connectivity index (χ1) is 18.2. The maximum absolute atomic E-state index is 11.4. The lowest BCUT2D eigenvalue weighted by Gasteiger charge is -2.42. The Kier molecular flexibility index (Phi) is 14.6. The third kappa shape index (κ3) is 11.2. The van der Waals surface area contributed by atoms with Crippen molar-refractivity contribution in [3.63, 3.8) is 0 Å². The molecule has 1 aromatic heterocycles. The summed E-state index contributed by atoms with van der Waals surface area (Å²) in [6.07, 6.45) is -4.82. The van der Waals surface area contributed by atoms with E-state index < -0.39 is 43.2 Å². The number of carbonyl (C=O) groups excluding carboxylic acids is 1. The van der Waals surface area contributed by atoms with Crippen molar-refractivity contribution in [2.75, 3.05) is 63.9 Å². The summed E-state index contributed by atoms with van der Waals surface area (Å²) in [6.45, 7) is 2.57. The van der Waals surface area contributed by atoms with Gasteiger partial charge in [-0.2, -0.15) is 0 Å². The van der Waals surface area contributed by atoms with Gasteiger partial charge in [-0.15, -0.1) is 0 Å². The highest BCUT2D eigenvalue weighted by atomic mass is 32.1. The molecule has 0 bridgehead atoms. The second kappa shape index (κ2) is 17.3. The summed E-state index contributed by atoms with van der Waals surface area (Å²) >= 11 is 10.3. The van der Waals surface area contributed by atoms with Crippen LogP contribution in [-0.4, -0.2) is 120 Å². The summed E-state index contributed by atoms with van der Waals surface area (Å²) in [5.74, 6) is 0.715. The Morgan fingerprint density at radius 1 is 1.03 bits per heavy atom. The summed E-state index contributed by atoms with van der Waals surface area (Å²) in [6, 6.07) is 4.38. The Bertz CT molecular complexity index is 901. The Balaban J connectivity index is 1.56. The second-order valence-corrected chi connectivity index (χ2v) is 8.84. The van der Waals surface area contributed by atoms with Crippen molar-refractivity contribution in [1.82, 2.24) is 20.9 Å². The molecule has 1 aromatic rings. The summed E-state index contributed by atoms with van der Waals surface area (Å²) < 4.78 is 22.0. The number of nitrogens with one attached hydrogen (secondary N) is 5. The van der Waals surface area contributed by atoms with Gasteiger partial charge in [0.15, 0.2) is 16.5 Å². The van der Waals surface area contributed by atoms with Crippen LogP contribution in [0.2, 0.25) is 0 Å². The summed E-state index contributed by atoms with van der Waals surface area (Å²) in [5.41, 5.74) is 0. The molecule has 14 nitrogen and oxygen atoms in total. The first-order valence-corrected chi connectivity index (χ1v) is 12.7. The highest BCUT2D eigenvalue weighted by Gasteiger charge is 2.45. The van der Waals surface area contributed by atoms with Crippen molar-refractivity contribution in [2.45, 2.75) is 37.6 Å². The molecule has 16 heteroatoms. The highest BCUT2D eigenvalue weighted by molar-refractivity contribution is 7.80. The van der Waals surface area contributed by atoms with E-state index in [2.05, 4.69) is 31.6 Å². The molecule has 2 heterocycles. The van der Waals surface area contributed by atoms with E-state index in [9.17, 15) is 20.1 Å². The van der Waals surface area contributed by atoms with E-state index in [0.717, 1.165) is 0 Å². The molecule has 8 N–H and O–H groups in total. The molecule has 2 rings (SSSR count). The van der Waals surface area contributed by atoms with Crippen molar-refractivity contribution in [1.29, 1.82) is 0 Å². The van der Waals surface area contributed by atoms with Gasteiger partial charge in [0.05, 0.1) is 39.6 Å². The molecular weight excluding hydrogens is 540 g/mol. The van der Waals surface area contributed by atoms with Gasteiger partial charge in [-0.1, -0.05) is 6.07 Å². The Morgan fingerprint density at radius 2 is 1.66 bits per heavy atom. The zero-order valence-electron chi connectivity index (χ0n) is 21.2. The number of ether oxygens (including phenoxy) is 4. The van der Waals surface area contributed by atoms with Gasteiger partial charge in [-0.05, 0) is 36.6 Å². The van der Waals surface area contributed by atoms with Crippen molar-refractivity contribution in [3.05, 3.63) is 18.2 Å². The second-order valence-electron chi connectivity index (χ2n) is 8.02. The summed E-state index contributed by atoms with van der Waals surface area (Å²) in [7, 11) is 1.71. The number of pyridine rings is 1. The fourth-order valence-corrected chi connectivity index (χ4v) is 3.62. The number of aromatic nitrogens is 1. The van der Waals surface area contributed by atoms with Crippen LogP contribution >= 0.6 is 24.4 Å². The molecule has 5 atom stereocenters. The molecule has 1 amide bonds. The minimum atomic E-state index is -1.36. The predicted octanol–water partition coefficient (Wildman–Crippen LogP) is -1.72. The van der Waals surface area contributed by atoms with Crippen LogP contribution < -0.4 is 26.6 Å². The van der Waals surface area contributed by atoms with Crippen LogP contribution in [0, 0.1) is 0 Å². The molecule has 0 aromatic carbocycles. The van der Waals surface area contributed by atoms with Gasteiger partial charge in [0.2, 0.25) is 5.91 Å². The van der Waals surface area contributed by atoms with E-state index in [4.69, 9.17) is 43.4 Å². The predicted molar refractivity (Wildman–Crippen MR) is 147 cm³/mol. The molecule has 38 heavy (non-hydrogen) atoms. The van der Waals surface area contributed by atoms with Crippen molar-refractivity contribution in [3.8, 4) is 0 Å². The molecule has 3 unspecified atom stereocenters. The van der Waals surface area contributed by atoms with Gasteiger partial charge >= 0.3 is 0 Å². The quantitative estimate of drug-likeness (QED) is 0.0922. The SMILES string of the molecule is CNC(=S)Nc1cccc(NC(=S)NCCOCCOCCO[C@@H]2OC(CO)[C@H](O)C(O)C2NC(C)=O)n1. The fourth-order valence-electron chi connectivity index (χ4n) is 3.31. The number of aliphatic hydroxyl groups is 3. The van der Waals surface area contributed by atoms with Crippen LogP contribution in [0.1, 0.15) is 6.92 Å². The van der Waals surface area contributed by atoms with Crippen LogP contribution in [0.4, 0.5) is 11.6 Å². The number of carbonyl (C=O) groups is 1. The van der Waals surface area contributed by atoms with E-state index in [-0.39, 0.29) is 13.2 Å². The van der Waals surface area contributed by atoms with E-state index >= 15 is 0 Å². The van der Waals surface area contributed by atoms with Crippen molar-refractivity contribution >= 4 is 52.2 Å². The van der Waals surface area contributed by atoms with E-state index in [1.165, 1.54) is 6.92 Å². The molecular formula is C22H36N6O8S2. The smallest absolute Gasteiger partial charge is 0.217 e.